The number of aromatic carboxylic acids is 1. The number of hydrogen-bond acceptors (Lipinski definition) is 23. The van der Waals surface area contributed by atoms with Crippen LogP contribution in [0.2, 0.25) is 0 Å². The van der Waals surface area contributed by atoms with Crippen molar-refractivity contribution in [2.75, 3.05) is 72.5 Å². The highest BCUT2D eigenvalue weighted by molar-refractivity contribution is 7.53. The molecule has 99 heavy (non-hydrogen) atoms. The Kier molecular flexibility index (Phi) is 23.6. The largest absolute Gasteiger partial charge is 0.481 e. The number of aliphatic carboxylic acids is 1. The number of unbranched alkanes of at least 4 members (excludes halogenated alkanes) is 3. The Hall–Kier alpha value is -10.8. The van der Waals surface area contributed by atoms with E-state index in [0.717, 1.165) is 70.0 Å². The molecule has 0 unspecified atom stereocenters. The Labute approximate surface area is 568 Å². The number of benzene rings is 4. The zero-order valence-corrected chi connectivity index (χ0v) is 57.8. The van der Waals surface area contributed by atoms with E-state index in [-0.39, 0.29) is 69.8 Å². The predicted molar refractivity (Wildman–Crippen MR) is 373 cm³/mol. The van der Waals surface area contributed by atoms with Crippen molar-refractivity contribution in [3.8, 4) is 0 Å². The monoisotopic (exact) mass is 1380 g/mol. The first-order valence-electron chi connectivity index (χ1n) is 31.7. The fraction of sp³-hybridized carbons (Fsp3) is 0.362. The van der Waals surface area contributed by atoms with E-state index in [4.69, 9.17) is 28.7 Å². The number of carboxylic acids is 2. The Balaban J connectivity index is 0.000000198. The van der Waals surface area contributed by atoms with Crippen molar-refractivity contribution >= 4 is 114 Å². The third kappa shape index (κ3) is 19.1. The van der Waals surface area contributed by atoms with Gasteiger partial charge in [-0.3, -0.25) is 47.2 Å². The maximum atomic E-state index is 13.5. The highest BCUT2D eigenvalue weighted by atomic mass is 31.2. The molecule has 4 aromatic carbocycles. The first-order valence-corrected chi connectivity index (χ1v) is 33.4. The minimum absolute atomic E-state index is 0.0434. The predicted octanol–water partition coefficient (Wildman–Crippen LogP) is 6.26. The second-order valence-corrected chi connectivity index (χ2v) is 27.7. The Bertz CT molecular complexity index is 4840. The standard InChI is InChI=1S/C29H40N5O9P.C22H21N5O3.C18H20N4O3/c1-17-12-20-21(13-18(17)2)34(24-23(33-20)25(36)32-19(3)31-24)14-22(35)30-10-11-44(39,42-15-40-26(37)28(4,5)6)43-16-41-27(38)29(7,8)9;1-12-10-17-18(11-13(12)2)27(20-19(26-17)21(28)25-14(3)24-20)9-8-23-16-6-4-15(5-7-16)22(29)30;1-12-19-17-16(18(25)20-12)21-13-8-5-6-9-14(13)22(17)11-7-3-2-4-10-15(23)24/h12-13H,3,10-11,14-16H2,1-2,4-9H3,(H,30,35)(H,32,36);4-7,10-11,23H,3,8-9H2,1-2H3,(H,25,28)(H,29,30);5-6,8-9H,1-4,7,10-11H2,(H,20,25)(H,23,24). The summed E-state index contributed by atoms with van der Waals surface area (Å²) in [5.74, 6) is -2.23. The third-order valence-electron chi connectivity index (χ3n) is 15.6. The van der Waals surface area contributed by atoms with Crippen LogP contribution in [0.1, 0.15) is 106 Å². The van der Waals surface area contributed by atoms with Gasteiger partial charge in [-0.05, 0) is 165 Å². The van der Waals surface area contributed by atoms with Gasteiger partial charge in [0.05, 0.1) is 56.7 Å². The molecule has 6 heterocycles. The van der Waals surface area contributed by atoms with Gasteiger partial charge in [-0.25, -0.2) is 34.7 Å². The van der Waals surface area contributed by atoms with E-state index >= 15 is 0 Å². The van der Waals surface area contributed by atoms with Gasteiger partial charge in [-0.1, -0.05) is 44.7 Å². The molecule has 3 aliphatic heterocycles. The number of anilines is 7. The SMILES string of the molecule is C=c1nc2c(c(=O)[nH]1)=Nc1cc(C)c(C)cc1N2CC(=O)NCCP(=O)(OCOC(=O)C(C)(C)C)OCOC(=O)C(C)(C)C.C=c1nc2c(c(=O)[nH]1)=Nc1cc(C)c(C)cc1N2CCNc1ccc(C(=O)O)cc1.C=c1nc2c(c(=O)[nH]1)=Nc1ccccc1N2CCCCCCC(=O)O. The van der Waals surface area contributed by atoms with Crippen molar-refractivity contribution in [3.63, 3.8) is 0 Å². The lowest BCUT2D eigenvalue weighted by molar-refractivity contribution is -0.162. The molecule has 0 saturated heterocycles. The molecule has 7 aromatic rings. The van der Waals surface area contributed by atoms with Crippen molar-refractivity contribution in [3.05, 3.63) is 164 Å². The average Bonchev–Trinajstić information content (AvgIpc) is 0.769. The summed E-state index contributed by atoms with van der Waals surface area (Å²) in [6.45, 7) is 28.9. The summed E-state index contributed by atoms with van der Waals surface area (Å²) >= 11 is 0. The maximum Gasteiger partial charge on any atom is 0.338 e. The molecule has 0 spiro atoms. The van der Waals surface area contributed by atoms with E-state index in [1.165, 1.54) is 0 Å². The number of carboxylic acid groups (broad SMARTS) is 2. The Morgan fingerprint density at radius 2 is 1.00 bits per heavy atom. The minimum Gasteiger partial charge on any atom is -0.481 e. The van der Waals surface area contributed by atoms with E-state index < -0.39 is 67.4 Å². The minimum atomic E-state index is -4.03. The van der Waals surface area contributed by atoms with E-state index in [1.807, 2.05) is 86.0 Å². The summed E-state index contributed by atoms with van der Waals surface area (Å²) in [5, 5.41) is 24.3. The lowest BCUT2D eigenvalue weighted by Crippen LogP contribution is -2.45. The molecule has 3 aromatic heterocycles. The van der Waals surface area contributed by atoms with Crippen LogP contribution >= 0.6 is 7.60 Å². The number of esters is 2. The van der Waals surface area contributed by atoms with Gasteiger partial charge in [0.2, 0.25) is 19.5 Å². The molecule has 7 N–H and O–H groups in total. The van der Waals surface area contributed by atoms with Crippen molar-refractivity contribution in [1.29, 1.82) is 0 Å². The number of para-hydroxylation sites is 2. The Morgan fingerprint density at radius 3 is 1.48 bits per heavy atom. The summed E-state index contributed by atoms with van der Waals surface area (Å²) < 4.78 is 34.2. The highest BCUT2D eigenvalue weighted by Gasteiger charge is 2.32. The molecule has 0 aliphatic carbocycles. The lowest BCUT2D eigenvalue weighted by atomic mass is 9.98. The molecule has 10 rings (SSSR count). The number of rotatable bonds is 23. The molecule has 0 saturated carbocycles. The molecule has 0 atom stereocenters. The number of amides is 1. The fourth-order valence-corrected chi connectivity index (χ4v) is 11.2. The number of carbonyl (C=O) groups is 5. The molecule has 0 fully saturated rings. The van der Waals surface area contributed by atoms with Gasteiger partial charge in [0.15, 0.2) is 33.5 Å². The van der Waals surface area contributed by atoms with Gasteiger partial charge in [0, 0.05) is 38.3 Å². The summed E-state index contributed by atoms with van der Waals surface area (Å²) in [5.41, 5.74) is 7.42. The smallest absolute Gasteiger partial charge is 0.338 e. The van der Waals surface area contributed by atoms with Gasteiger partial charge >= 0.3 is 31.5 Å². The second kappa shape index (κ2) is 31.6. The van der Waals surface area contributed by atoms with Crippen LogP contribution < -0.4 is 74.5 Å². The number of aromatic amines is 3. The fourth-order valence-electron chi connectivity index (χ4n) is 10.0. The zero-order chi connectivity index (χ0) is 72.3. The van der Waals surface area contributed by atoms with Gasteiger partial charge < -0.3 is 60.0 Å². The molecule has 0 bridgehead atoms. The molecule has 0 radical (unpaired) electrons. The highest BCUT2D eigenvalue weighted by Crippen LogP contribution is 2.48. The van der Waals surface area contributed by atoms with Crippen LogP contribution in [0.15, 0.2) is 102 Å². The summed E-state index contributed by atoms with van der Waals surface area (Å²) in [6, 6.07) is 21.9. The van der Waals surface area contributed by atoms with Crippen LogP contribution in [0.4, 0.5) is 57.3 Å². The summed E-state index contributed by atoms with van der Waals surface area (Å²) in [6.07, 6.45) is 3.20. The molecule has 30 heteroatoms. The second-order valence-electron chi connectivity index (χ2n) is 25.5. The van der Waals surface area contributed by atoms with Gasteiger partial charge in [-0.2, -0.15) is 0 Å². The number of aromatic nitrogens is 6. The topological polar surface area (TPSA) is 388 Å². The van der Waals surface area contributed by atoms with Crippen LogP contribution in [0.25, 0.3) is 19.7 Å². The third-order valence-corrected chi connectivity index (χ3v) is 17.4. The maximum absolute atomic E-state index is 13.5. The van der Waals surface area contributed by atoms with E-state index in [0.29, 0.717) is 59.9 Å². The van der Waals surface area contributed by atoms with Gasteiger partial charge in [-0.15, -0.1) is 0 Å². The number of carbonyl (C=O) groups excluding carboxylic acids is 3. The summed E-state index contributed by atoms with van der Waals surface area (Å²) in [7, 11) is -4.03. The molecular weight excluding hydrogens is 1300 g/mol. The molecule has 1 amide bonds. The molecule has 29 nitrogen and oxygen atoms in total. The number of aryl methyl sites for hydroxylation is 4. The van der Waals surface area contributed by atoms with Crippen LogP contribution in [0.3, 0.4) is 0 Å². The van der Waals surface area contributed by atoms with Gasteiger partial charge in [0.1, 0.15) is 23.0 Å². The first-order chi connectivity index (χ1) is 46.7. The van der Waals surface area contributed by atoms with E-state index in [2.05, 4.69) is 75.3 Å². The Morgan fingerprint density at radius 1 is 0.556 bits per heavy atom. The van der Waals surface area contributed by atoms with E-state index in [1.54, 1.807) is 70.7 Å². The molecular formula is C69H81N14O15P. The van der Waals surface area contributed by atoms with Gasteiger partial charge in [0.25, 0.3) is 16.7 Å². The van der Waals surface area contributed by atoms with Crippen LogP contribution in [-0.2, 0) is 42.3 Å². The average molecular weight is 1380 g/mol. The van der Waals surface area contributed by atoms with Crippen molar-refractivity contribution in [2.24, 2.45) is 25.8 Å². The van der Waals surface area contributed by atoms with Crippen LogP contribution in [0, 0.1) is 38.5 Å². The number of H-pyrrole nitrogens is 3. The number of ether oxygens (including phenoxy) is 2. The van der Waals surface area contributed by atoms with E-state index in [9.17, 15) is 42.9 Å². The lowest BCUT2D eigenvalue weighted by Gasteiger charge is -2.28. The van der Waals surface area contributed by atoms with Crippen molar-refractivity contribution in [2.45, 2.75) is 101 Å². The van der Waals surface area contributed by atoms with Crippen molar-refractivity contribution in [1.82, 2.24) is 35.2 Å². The normalized spacial score (nSPS) is 12.5. The van der Waals surface area contributed by atoms with Crippen LogP contribution in [0.5, 0.6) is 0 Å². The van der Waals surface area contributed by atoms with Crippen LogP contribution in [-0.4, -0.2) is 122 Å². The van der Waals surface area contributed by atoms with Crippen molar-refractivity contribution < 1.29 is 57.3 Å². The number of nitrogens with one attached hydrogen (secondary N) is 5. The quantitative estimate of drug-likeness (QED) is 0.0161. The zero-order valence-electron chi connectivity index (χ0n) is 56.9. The number of hydrogen-bond donors (Lipinski definition) is 7. The summed E-state index contributed by atoms with van der Waals surface area (Å²) in [4.78, 5) is 136. The molecule has 522 valence electrons. The first kappa shape index (κ1) is 74.0. The number of fused-ring (bicyclic) bond motifs is 6. The number of nitrogens with zero attached hydrogens (tertiary/aromatic N) is 9. The molecule has 3 aliphatic rings.